The third kappa shape index (κ3) is 4.73. The first-order valence-corrected chi connectivity index (χ1v) is 7.13. The molecule has 0 spiro atoms. The van der Waals surface area contributed by atoms with Crippen LogP contribution >= 0.6 is 0 Å². The van der Waals surface area contributed by atoms with Gasteiger partial charge in [0.15, 0.2) is 0 Å². The number of carboxylic acids is 1. The lowest BCUT2D eigenvalue weighted by Crippen LogP contribution is -2.49. The fraction of sp³-hybridized carbons (Fsp3) is 0.857. The van der Waals surface area contributed by atoms with E-state index in [0.29, 0.717) is 13.1 Å². The van der Waals surface area contributed by atoms with Gasteiger partial charge in [0, 0.05) is 13.1 Å². The molecule has 19 heavy (non-hydrogen) atoms. The maximum absolute atomic E-state index is 12.1. The molecule has 0 bridgehead atoms. The van der Waals surface area contributed by atoms with E-state index >= 15 is 0 Å². The third-order valence-corrected chi connectivity index (χ3v) is 3.98. The largest absolute Gasteiger partial charge is 0.480 e. The molecular weight excluding hydrogens is 244 g/mol. The number of carbonyl (C=O) groups is 2. The highest BCUT2D eigenvalue weighted by Gasteiger charge is 2.35. The monoisotopic (exact) mass is 270 g/mol. The summed E-state index contributed by atoms with van der Waals surface area (Å²) in [4.78, 5) is 24.3. The number of carboxylic acid groups (broad SMARTS) is 1. The Hall–Kier alpha value is -1.26. The minimum absolute atomic E-state index is 0.233. The van der Waals surface area contributed by atoms with Crippen LogP contribution < -0.4 is 5.32 Å². The molecule has 0 atom stereocenters. The average molecular weight is 270 g/mol. The molecule has 2 N–H and O–H groups in total. The van der Waals surface area contributed by atoms with Crippen molar-refractivity contribution in [3.8, 4) is 0 Å². The van der Waals surface area contributed by atoms with Crippen LogP contribution in [-0.2, 0) is 4.79 Å². The summed E-state index contributed by atoms with van der Waals surface area (Å²) in [6, 6.07) is -0.254. The molecule has 1 aliphatic carbocycles. The number of nitrogens with zero attached hydrogens (tertiary/aromatic N) is 1. The maximum atomic E-state index is 12.1. The predicted octanol–water partition coefficient (Wildman–Crippen LogP) is 2.32. The van der Waals surface area contributed by atoms with Gasteiger partial charge in [0.05, 0.1) is 0 Å². The lowest BCUT2D eigenvalue weighted by molar-refractivity contribution is -0.137. The standard InChI is InChI=1S/C14H26N2O3/c1-4-14(6-5-7-14)10-15-13(19)16(8-11(2)3)9-12(17)18/h11H,4-10H2,1-3H3,(H,15,19)(H,17,18). The Kier molecular flexibility index (Phi) is 5.63. The molecule has 0 radical (unpaired) electrons. The van der Waals surface area contributed by atoms with Crippen molar-refractivity contribution in [3.63, 3.8) is 0 Å². The normalized spacial score (nSPS) is 16.8. The zero-order valence-corrected chi connectivity index (χ0v) is 12.2. The van der Waals surface area contributed by atoms with Gasteiger partial charge >= 0.3 is 12.0 Å². The summed E-state index contributed by atoms with van der Waals surface area (Å²) in [5.74, 6) is -0.710. The van der Waals surface area contributed by atoms with E-state index in [-0.39, 0.29) is 23.9 Å². The molecule has 110 valence electrons. The van der Waals surface area contributed by atoms with Gasteiger partial charge in [0.2, 0.25) is 0 Å². The van der Waals surface area contributed by atoms with Gasteiger partial charge in [-0.15, -0.1) is 0 Å². The van der Waals surface area contributed by atoms with E-state index in [1.807, 2.05) is 13.8 Å². The van der Waals surface area contributed by atoms with E-state index in [9.17, 15) is 9.59 Å². The van der Waals surface area contributed by atoms with Crippen molar-refractivity contribution in [1.82, 2.24) is 10.2 Å². The number of hydrogen-bond acceptors (Lipinski definition) is 2. The van der Waals surface area contributed by atoms with Crippen LogP contribution in [0.15, 0.2) is 0 Å². The second kappa shape index (κ2) is 6.78. The molecule has 0 aliphatic heterocycles. The zero-order valence-electron chi connectivity index (χ0n) is 12.2. The molecule has 0 aromatic carbocycles. The summed E-state index contributed by atoms with van der Waals surface area (Å²) < 4.78 is 0. The molecule has 5 nitrogen and oxygen atoms in total. The smallest absolute Gasteiger partial charge is 0.323 e. The van der Waals surface area contributed by atoms with Gasteiger partial charge in [-0.1, -0.05) is 27.2 Å². The zero-order chi connectivity index (χ0) is 14.5. The summed E-state index contributed by atoms with van der Waals surface area (Å²) >= 11 is 0. The first-order valence-electron chi connectivity index (χ1n) is 7.13. The number of carbonyl (C=O) groups excluding carboxylic acids is 1. The highest BCUT2D eigenvalue weighted by atomic mass is 16.4. The van der Waals surface area contributed by atoms with Crippen molar-refractivity contribution in [2.75, 3.05) is 19.6 Å². The molecule has 0 aromatic rings. The van der Waals surface area contributed by atoms with Crippen molar-refractivity contribution in [2.24, 2.45) is 11.3 Å². The van der Waals surface area contributed by atoms with Crippen molar-refractivity contribution in [2.45, 2.75) is 46.5 Å². The van der Waals surface area contributed by atoms with Gasteiger partial charge in [-0.3, -0.25) is 4.79 Å². The second-order valence-electron chi connectivity index (χ2n) is 6.03. The molecule has 1 aliphatic rings. The molecule has 0 unspecified atom stereocenters. The first-order chi connectivity index (χ1) is 8.88. The third-order valence-electron chi connectivity index (χ3n) is 3.98. The van der Waals surface area contributed by atoms with Gasteiger partial charge in [-0.05, 0) is 30.6 Å². The van der Waals surface area contributed by atoms with Crippen LogP contribution in [0.4, 0.5) is 4.79 Å². The summed E-state index contributed by atoms with van der Waals surface area (Å²) in [5, 5.41) is 11.8. The van der Waals surface area contributed by atoms with Crippen LogP contribution in [0.3, 0.4) is 0 Å². The van der Waals surface area contributed by atoms with Gasteiger partial charge in [-0.2, -0.15) is 0 Å². The number of urea groups is 1. The van der Waals surface area contributed by atoms with Crippen molar-refractivity contribution >= 4 is 12.0 Å². The average Bonchev–Trinajstić information content (AvgIpc) is 2.25. The lowest BCUT2D eigenvalue weighted by Gasteiger charge is -2.41. The van der Waals surface area contributed by atoms with Crippen LogP contribution in [0.2, 0.25) is 0 Å². The predicted molar refractivity (Wildman–Crippen MR) is 74.0 cm³/mol. The Morgan fingerprint density at radius 2 is 2.00 bits per heavy atom. The molecule has 2 amide bonds. The van der Waals surface area contributed by atoms with Crippen LogP contribution in [0.1, 0.15) is 46.5 Å². The van der Waals surface area contributed by atoms with Crippen LogP contribution in [0.5, 0.6) is 0 Å². The topological polar surface area (TPSA) is 69.6 Å². The minimum atomic E-state index is -0.968. The molecule has 1 saturated carbocycles. The number of rotatable bonds is 7. The van der Waals surface area contributed by atoms with Gasteiger partial charge in [0.1, 0.15) is 6.54 Å². The number of aliphatic carboxylic acids is 1. The van der Waals surface area contributed by atoms with Crippen molar-refractivity contribution in [1.29, 1.82) is 0 Å². The summed E-state index contributed by atoms with van der Waals surface area (Å²) in [6.45, 7) is 6.99. The Bertz CT molecular complexity index is 319. The van der Waals surface area contributed by atoms with Crippen LogP contribution in [-0.4, -0.2) is 41.6 Å². The van der Waals surface area contributed by atoms with E-state index in [2.05, 4.69) is 12.2 Å². The SMILES string of the molecule is CCC1(CNC(=O)N(CC(=O)O)CC(C)C)CCC1. The minimum Gasteiger partial charge on any atom is -0.480 e. The lowest BCUT2D eigenvalue weighted by atomic mass is 9.67. The van der Waals surface area contributed by atoms with E-state index in [1.54, 1.807) is 0 Å². The van der Waals surface area contributed by atoms with Gasteiger partial charge < -0.3 is 15.3 Å². The molecule has 1 rings (SSSR count). The highest BCUT2D eigenvalue weighted by Crippen LogP contribution is 2.43. The van der Waals surface area contributed by atoms with Crippen molar-refractivity contribution in [3.05, 3.63) is 0 Å². The molecular formula is C14H26N2O3. The fourth-order valence-electron chi connectivity index (χ4n) is 2.53. The highest BCUT2D eigenvalue weighted by molar-refractivity contribution is 5.80. The Morgan fingerprint density at radius 3 is 2.37 bits per heavy atom. The Balaban J connectivity index is 2.48. The second-order valence-corrected chi connectivity index (χ2v) is 6.03. The van der Waals surface area contributed by atoms with Gasteiger partial charge in [-0.25, -0.2) is 4.79 Å². The number of amides is 2. The Labute approximate surface area is 115 Å². The van der Waals surface area contributed by atoms with Gasteiger partial charge in [0.25, 0.3) is 0 Å². The van der Waals surface area contributed by atoms with E-state index in [4.69, 9.17) is 5.11 Å². The van der Waals surface area contributed by atoms with Crippen LogP contribution in [0.25, 0.3) is 0 Å². The number of hydrogen-bond donors (Lipinski definition) is 2. The van der Waals surface area contributed by atoms with E-state index in [0.717, 1.165) is 19.3 Å². The first kappa shape index (κ1) is 15.8. The molecule has 0 saturated heterocycles. The Morgan fingerprint density at radius 1 is 1.37 bits per heavy atom. The van der Waals surface area contributed by atoms with Crippen LogP contribution in [0, 0.1) is 11.3 Å². The summed E-state index contributed by atoms with van der Waals surface area (Å²) in [7, 11) is 0. The summed E-state index contributed by atoms with van der Waals surface area (Å²) in [6.07, 6.45) is 4.62. The fourth-order valence-corrected chi connectivity index (χ4v) is 2.53. The molecule has 0 heterocycles. The quantitative estimate of drug-likeness (QED) is 0.746. The number of nitrogens with one attached hydrogen (secondary N) is 1. The molecule has 0 aromatic heterocycles. The van der Waals surface area contributed by atoms with E-state index in [1.165, 1.54) is 11.3 Å². The summed E-state index contributed by atoms with van der Waals surface area (Å²) in [5.41, 5.74) is 0.252. The molecule has 5 heteroatoms. The van der Waals surface area contributed by atoms with Crippen molar-refractivity contribution < 1.29 is 14.7 Å². The maximum Gasteiger partial charge on any atom is 0.323 e. The molecule has 1 fully saturated rings. The van der Waals surface area contributed by atoms with E-state index < -0.39 is 5.97 Å².